The van der Waals surface area contributed by atoms with Gasteiger partial charge >= 0.3 is 0 Å². The number of rotatable bonds is 6. The number of hydrogen-bond donors (Lipinski definition) is 1. The van der Waals surface area contributed by atoms with E-state index in [1.807, 2.05) is 19.9 Å². The highest BCUT2D eigenvalue weighted by atomic mass is 79.9. The van der Waals surface area contributed by atoms with Crippen molar-refractivity contribution in [1.29, 1.82) is 0 Å². The van der Waals surface area contributed by atoms with Gasteiger partial charge in [0, 0.05) is 16.7 Å². The average Bonchev–Trinajstić information content (AvgIpc) is 2.50. The molecule has 1 aromatic heterocycles. The van der Waals surface area contributed by atoms with Gasteiger partial charge in [0.15, 0.2) is 0 Å². The lowest BCUT2D eigenvalue weighted by molar-refractivity contribution is 0.102. The number of ether oxygens (including phenoxy) is 2. The Hall–Kier alpha value is -2.08. The summed E-state index contributed by atoms with van der Waals surface area (Å²) in [5, 5.41) is 2.74. The monoisotopic (exact) mass is 364 g/mol. The number of amides is 1. The first kappa shape index (κ1) is 16.3. The van der Waals surface area contributed by atoms with Crippen LogP contribution < -0.4 is 14.8 Å². The van der Waals surface area contributed by atoms with E-state index >= 15 is 0 Å². The smallest absolute Gasteiger partial charge is 0.260 e. The molecule has 0 bridgehead atoms. The van der Waals surface area contributed by atoms with E-state index in [4.69, 9.17) is 9.47 Å². The molecular weight excluding hydrogens is 348 g/mol. The number of carbonyl (C=O) groups is 1. The van der Waals surface area contributed by atoms with E-state index in [0.717, 1.165) is 4.47 Å². The van der Waals surface area contributed by atoms with Crippen molar-refractivity contribution < 1.29 is 14.3 Å². The topological polar surface area (TPSA) is 60.5 Å². The lowest BCUT2D eigenvalue weighted by Gasteiger charge is -2.12. The lowest BCUT2D eigenvalue weighted by Crippen LogP contribution is -2.14. The van der Waals surface area contributed by atoms with Crippen LogP contribution in [0, 0.1) is 0 Å². The molecule has 0 aliphatic heterocycles. The summed E-state index contributed by atoms with van der Waals surface area (Å²) >= 11 is 3.30. The molecule has 0 aliphatic carbocycles. The zero-order valence-electron chi connectivity index (χ0n) is 12.4. The van der Waals surface area contributed by atoms with Crippen LogP contribution in [-0.4, -0.2) is 24.1 Å². The van der Waals surface area contributed by atoms with Gasteiger partial charge in [-0.3, -0.25) is 4.79 Å². The molecule has 22 heavy (non-hydrogen) atoms. The zero-order valence-corrected chi connectivity index (χ0v) is 14.0. The normalized spacial score (nSPS) is 10.1. The van der Waals surface area contributed by atoms with Crippen molar-refractivity contribution >= 4 is 27.7 Å². The quantitative estimate of drug-likeness (QED) is 0.844. The van der Waals surface area contributed by atoms with E-state index < -0.39 is 0 Å². The highest BCUT2D eigenvalue weighted by Gasteiger charge is 2.14. The highest BCUT2D eigenvalue weighted by molar-refractivity contribution is 9.10. The van der Waals surface area contributed by atoms with Gasteiger partial charge in [0.05, 0.1) is 18.8 Å². The van der Waals surface area contributed by atoms with Crippen molar-refractivity contribution in [1.82, 2.24) is 4.98 Å². The fourth-order valence-electron chi connectivity index (χ4n) is 1.86. The molecule has 0 saturated heterocycles. The molecule has 1 N–H and O–H groups in total. The Morgan fingerprint density at radius 3 is 2.59 bits per heavy atom. The fraction of sp³-hybridized carbons (Fsp3) is 0.250. The summed E-state index contributed by atoms with van der Waals surface area (Å²) in [6.07, 6.45) is 1.62. The molecule has 0 saturated carbocycles. The van der Waals surface area contributed by atoms with Crippen LogP contribution in [0.2, 0.25) is 0 Å². The van der Waals surface area contributed by atoms with Gasteiger partial charge in [-0.1, -0.05) is 0 Å². The van der Waals surface area contributed by atoms with Crippen molar-refractivity contribution in [3.8, 4) is 11.5 Å². The van der Waals surface area contributed by atoms with E-state index in [1.54, 1.807) is 30.5 Å². The zero-order chi connectivity index (χ0) is 15.9. The van der Waals surface area contributed by atoms with Gasteiger partial charge in [0.25, 0.3) is 5.91 Å². The second-order valence-electron chi connectivity index (χ2n) is 4.34. The lowest BCUT2D eigenvalue weighted by atomic mass is 10.1. The minimum absolute atomic E-state index is 0.277. The number of carbonyl (C=O) groups excluding carboxylic acids is 1. The van der Waals surface area contributed by atoms with Crippen LogP contribution in [0.5, 0.6) is 11.5 Å². The number of halogens is 1. The van der Waals surface area contributed by atoms with Crippen molar-refractivity contribution in [2.45, 2.75) is 13.8 Å². The standard InChI is InChI=1S/C16H17BrN2O3/c1-3-21-12-6-7-13(14(9-12)22-4-2)16(20)19-15-8-5-11(17)10-18-15/h5-10H,3-4H2,1-2H3,(H,18,19,20). The summed E-state index contributed by atoms with van der Waals surface area (Å²) in [4.78, 5) is 16.5. The number of benzene rings is 1. The van der Waals surface area contributed by atoms with Gasteiger partial charge in [0.1, 0.15) is 17.3 Å². The second-order valence-corrected chi connectivity index (χ2v) is 5.26. The molecule has 0 unspecified atom stereocenters. The summed E-state index contributed by atoms with van der Waals surface area (Å²) in [7, 11) is 0. The van der Waals surface area contributed by atoms with E-state index in [9.17, 15) is 4.79 Å². The molecule has 0 spiro atoms. The molecular formula is C16H17BrN2O3. The third-order valence-electron chi connectivity index (χ3n) is 2.78. The Kier molecular flexibility index (Phi) is 5.77. The Morgan fingerprint density at radius 1 is 1.18 bits per heavy atom. The maximum atomic E-state index is 12.4. The average molecular weight is 365 g/mol. The number of anilines is 1. The predicted molar refractivity (Wildman–Crippen MR) is 88.7 cm³/mol. The number of nitrogens with one attached hydrogen (secondary N) is 1. The van der Waals surface area contributed by atoms with Crippen LogP contribution in [0.3, 0.4) is 0 Å². The van der Waals surface area contributed by atoms with Crippen molar-refractivity contribution in [2.75, 3.05) is 18.5 Å². The first-order valence-corrected chi connectivity index (χ1v) is 7.76. The van der Waals surface area contributed by atoms with Crippen LogP contribution in [0.15, 0.2) is 41.0 Å². The summed E-state index contributed by atoms with van der Waals surface area (Å²) in [5.41, 5.74) is 0.440. The van der Waals surface area contributed by atoms with E-state index in [2.05, 4.69) is 26.2 Å². The molecule has 0 fully saturated rings. The Labute approximate surface area is 137 Å². The molecule has 116 valence electrons. The molecule has 5 nitrogen and oxygen atoms in total. The third-order valence-corrected chi connectivity index (χ3v) is 3.25. The van der Waals surface area contributed by atoms with Crippen LogP contribution in [0.1, 0.15) is 24.2 Å². The summed E-state index contributed by atoms with van der Waals surface area (Å²) < 4.78 is 11.8. The van der Waals surface area contributed by atoms with Crippen LogP contribution in [-0.2, 0) is 0 Å². The molecule has 0 radical (unpaired) electrons. The van der Waals surface area contributed by atoms with Gasteiger partial charge in [0.2, 0.25) is 0 Å². The number of nitrogens with zero attached hydrogens (tertiary/aromatic N) is 1. The summed E-state index contributed by atoms with van der Waals surface area (Å²) in [5.74, 6) is 1.36. The maximum Gasteiger partial charge on any atom is 0.260 e. The fourth-order valence-corrected chi connectivity index (χ4v) is 2.09. The Morgan fingerprint density at radius 2 is 1.95 bits per heavy atom. The van der Waals surface area contributed by atoms with Gasteiger partial charge in [-0.05, 0) is 54.0 Å². The van der Waals surface area contributed by atoms with Gasteiger partial charge in [-0.15, -0.1) is 0 Å². The first-order chi connectivity index (χ1) is 10.6. The molecule has 1 heterocycles. The third kappa shape index (κ3) is 4.21. The molecule has 2 rings (SSSR count). The SMILES string of the molecule is CCOc1ccc(C(=O)Nc2ccc(Br)cn2)c(OCC)c1. The molecule has 2 aromatic rings. The largest absolute Gasteiger partial charge is 0.494 e. The minimum atomic E-state index is -0.277. The highest BCUT2D eigenvalue weighted by Crippen LogP contribution is 2.26. The van der Waals surface area contributed by atoms with Gasteiger partial charge < -0.3 is 14.8 Å². The number of pyridine rings is 1. The molecule has 6 heteroatoms. The van der Waals surface area contributed by atoms with Crippen LogP contribution in [0.4, 0.5) is 5.82 Å². The van der Waals surface area contributed by atoms with Crippen LogP contribution in [0.25, 0.3) is 0 Å². The second kappa shape index (κ2) is 7.79. The predicted octanol–water partition coefficient (Wildman–Crippen LogP) is 3.89. The van der Waals surface area contributed by atoms with E-state index in [-0.39, 0.29) is 5.91 Å². The van der Waals surface area contributed by atoms with Gasteiger partial charge in [-0.2, -0.15) is 0 Å². The molecule has 0 atom stereocenters. The van der Waals surface area contributed by atoms with Gasteiger partial charge in [-0.25, -0.2) is 4.98 Å². The maximum absolute atomic E-state index is 12.4. The van der Waals surface area contributed by atoms with Crippen LogP contribution >= 0.6 is 15.9 Å². The van der Waals surface area contributed by atoms with Crippen molar-refractivity contribution in [3.05, 3.63) is 46.6 Å². The summed E-state index contributed by atoms with van der Waals surface area (Å²) in [6.45, 7) is 4.79. The Bertz CT molecular complexity index is 644. The van der Waals surface area contributed by atoms with Crippen molar-refractivity contribution in [2.24, 2.45) is 0 Å². The number of aromatic nitrogens is 1. The minimum Gasteiger partial charge on any atom is -0.494 e. The van der Waals surface area contributed by atoms with Crippen molar-refractivity contribution in [3.63, 3.8) is 0 Å². The number of hydrogen-bond acceptors (Lipinski definition) is 4. The molecule has 0 aliphatic rings. The molecule has 1 amide bonds. The first-order valence-electron chi connectivity index (χ1n) is 6.96. The van der Waals surface area contributed by atoms with E-state index in [0.29, 0.717) is 36.1 Å². The summed E-state index contributed by atoms with van der Waals surface area (Å²) in [6, 6.07) is 8.68. The molecule has 1 aromatic carbocycles. The Balaban J connectivity index is 2.22. The van der Waals surface area contributed by atoms with E-state index in [1.165, 1.54) is 0 Å².